The molecule has 0 aliphatic carbocycles. The fraction of sp³-hybridized carbons (Fsp3) is 0.294. The van der Waals surface area contributed by atoms with E-state index in [0.717, 1.165) is 22.8 Å². The first kappa shape index (κ1) is 15.7. The standard InChI is InChI=1S/C17H18N4OS/c1-11(2)16-20-15(22-21-16)10-23-17-18-12(3)9-14(19-17)13-7-5-4-6-8-13/h4-9,11H,10H2,1-3H3. The molecule has 0 aliphatic heterocycles. The van der Waals surface area contributed by atoms with Gasteiger partial charge in [-0.1, -0.05) is 61.1 Å². The molecule has 0 atom stereocenters. The lowest BCUT2D eigenvalue weighted by Crippen LogP contribution is -1.94. The first-order valence-electron chi connectivity index (χ1n) is 7.48. The number of aryl methyl sites for hydroxylation is 1. The van der Waals surface area contributed by atoms with Crippen molar-refractivity contribution in [2.24, 2.45) is 0 Å². The predicted octanol–water partition coefficient (Wildman–Crippen LogP) is 4.25. The summed E-state index contributed by atoms with van der Waals surface area (Å²) >= 11 is 1.50. The van der Waals surface area contributed by atoms with Crippen LogP contribution in [0.3, 0.4) is 0 Å². The minimum Gasteiger partial charge on any atom is -0.338 e. The van der Waals surface area contributed by atoms with E-state index in [-0.39, 0.29) is 5.92 Å². The lowest BCUT2D eigenvalue weighted by atomic mass is 10.1. The fourth-order valence-electron chi connectivity index (χ4n) is 2.05. The van der Waals surface area contributed by atoms with E-state index in [0.29, 0.717) is 16.8 Å². The number of nitrogens with zero attached hydrogens (tertiary/aromatic N) is 4. The van der Waals surface area contributed by atoms with Gasteiger partial charge in [0, 0.05) is 17.2 Å². The van der Waals surface area contributed by atoms with Crippen LogP contribution in [0.4, 0.5) is 0 Å². The molecule has 0 aliphatic rings. The topological polar surface area (TPSA) is 64.7 Å². The summed E-state index contributed by atoms with van der Waals surface area (Å²) in [5, 5.41) is 4.69. The highest BCUT2D eigenvalue weighted by Gasteiger charge is 2.11. The van der Waals surface area contributed by atoms with Crippen LogP contribution in [0.15, 0.2) is 46.1 Å². The summed E-state index contributed by atoms with van der Waals surface area (Å²) < 4.78 is 5.26. The Bertz CT molecular complexity index is 786. The summed E-state index contributed by atoms with van der Waals surface area (Å²) in [6, 6.07) is 12.1. The van der Waals surface area contributed by atoms with Crippen molar-refractivity contribution < 1.29 is 4.52 Å². The van der Waals surface area contributed by atoms with E-state index < -0.39 is 0 Å². The van der Waals surface area contributed by atoms with E-state index in [4.69, 9.17) is 4.52 Å². The average Bonchev–Trinajstić information content (AvgIpc) is 3.03. The Morgan fingerprint density at radius 1 is 1.09 bits per heavy atom. The van der Waals surface area contributed by atoms with Gasteiger partial charge in [-0.25, -0.2) is 9.97 Å². The number of aromatic nitrogens is 4. The average molecular weight is 326 g/mol. The number of hydrogen-bond acceptors (Lipinski definition) is 6. The summed E-state index contributed by atoms with van der Waals surface area (Å²) in [5.74, 6) is 2.16. The van der Waals surface area contributed by atoms with Crippen molar-refractivity contribution in [2.75, 3.05) is 0 Å². The van der Waals surface area contributed by atoms with Gasteiger partial charge in [-0.05, 0) is 13.0 Å². The van der Waals surface area contributed by atoms with Crippen LogP contribution in [0.5, 0.6) is 0 Å². The predicted molar refractivity (Wildman–Crippen MR) is 90.2 cm³/mol. The second-order valence-electron chi connectivity index (χ2n) is 5.53. The number of benzene rings is 1. The SMILES string of the molecule is Cc1cc(-c2ccccc2)nc(SCc2nc(C(C)C)no2)n1. The van der Waals surface area contributed by atoms with Crippen molar-refractivity contribution in [1.82, 2.24) is 20.1 Å². The molecule has 0 radical (unpaired) electrons. The van der Waals surface area contributed by atoms with Crippen LogP contribution in [0.2, 0.25) is 0 Å². The first-order valence-corrected chi connectivity index (χ1v) is 8.47. The van der Waals surface area contributed by atoms with Crippen LogP contribution in [0.25, 0.3) is 11.3 Å². The Balaban J connectivity index is 1.76. The Morgan fingerprint density at radius 2 is 1.87 bits per heavy atom. The maximum absolute atomic E-state index is 5.26. The van der Waals surface area contributed by atoms with Gasteiger partial charge < -0.3 is 4.52 Å². The Morgan fingerprint density at radius 3 is 2.57 bits per heavy atom. The molecule has 0 saturated heterocycles. The van der Waals surface area contributed by atoms with Crippen molar-refractivity contribution in [1.29, 1.82) is 0 Å². The molecule has 118 valence electrons. The lowest BCUT2D eigenvalue weighted by Gasteiger charge is -2.05. The summed E-state index contributed by atoms with van der Waals surface area (Å²) in [5.41, 5.74) is 2.95. The van der Waals surface area contributed by atoms with E-state index in [9.17, 15) is 0 Å². The highest BCUT2D eigenvalue weighted by molar-refractivity contribution is 7.98. The third kappa shape index (κ3) is 3.96. The number of hydrogen-bond donors (Lipinski definition) is 0. The van der Waals surface area contributed by atoms with E-state index in [2.05, 4.69) is 20.1 Å². The summed E-state index contributed by atoms with van der Waals surface area (Å²) in [7, 11) is 0. The van der Waals surface area contributed by atoms with Crippen molar-refractivity contribution >= 4 is 11.8 Å². The molecule has 3 aromatic rings. The molecule has 0 spiro atoms. The van der Waals surface area contributed by atoms with Crippen molar-refractivity contribution in [3.05, 3.63) is 53.8 Å². The molecule has 0 saturated carbocycles. The third-order valence-corrected chi connectivity index (χ3v) is 4.06. The van der Waals surface area contributed by atoms with E-state index in [1.54, 1.807) is 0 Å². The van der Waals surface area contributed by atoms with Gasteiger partial charge in [0.15, 0.2) is 11.0 Å². The van der Waals surface area contributed by atoms with Gasteiger partial charge in [0.25, 0.3) is 0 Å². The maximum Gasteiger partial charge on any atom is 0.237 e. The summed E-state index contributed by atoms with van der Waals surface area (Å²) in [6.45, 7) is 6.05. The van der Waals surface area contributed by atoms with Gasteiger partial charge in [-0.3, -0.25) is 0 Å². The van der Waals surface area contributed by atoms with Crippen LogP contribution in [-0.2, 0) is 5.75 Å². The monoisotopic (exact) mass is 326 g/mol. The Hall–Kier alpha value is -2.21. The molecule has 0 bridgehead atoms. The maximum atomic E-state index is 5.26. The second kappa shape index (κ2) is 6.91. The zero-order valence-electron chi connectivity index (χ0n) is 13.4. The molecule has 5 nitrogen and oxygen atoms in total. The van der Waals surface area contributed by atoms with Crippen molar-refractivity contribution in [2.45, 2.75) is 37.6 Å². The largest absolute Gasteiger partial charge is 0.338 e. The van der Waals surface area contributed by atoms with Gasteiger partial charge in [0.1, 0.15) is 0 Å². The molecule has 6 heteroatoms. The van der Waals surface area contributed by atoms with Crippen molar-refractivity contribution in [3.63, 3.8) is 0 Å². The molecular weight excluding hydrogens is 308 g/mol. The van der Waals surface area contributed by atoms with Crippen LogP contribution < -0.4 is 0 Å². The van der Waals surface area contributed by atoms with Gasteiger partial charge in [-0.15, -0.1) is 0 Å². The van der Waals surface area contributed by atoms with Crippen LogP contribution in [-0.4, -0.2) is 20.1 Å². The van der Waals surface area contributed by atoms with Gasteiger partial charge in [0.2, 0.25) is 5.89 Å². The zero-order valence-corrected chi connectivity index (χ0v) is 14.2. The fourth-order valence-corrected chi connectivity index (χ4v) is 2.79. The molecular formula is C17H18N4OS. The van der Waals surface area contributed by atoms with E-state index in [1.807, 2.05) is 57.2 Å². The molecule has 2 aromatic heterocycles. The summed E-state index contributed by atoms with van der Waals surface area (Å²) in [4.78, 5) is 13.5. The highest BCUT2D eigenvalue weighted by atomic mass is 32.2. The zero-order chi connectivity index (χ0) is 16.2. The summed E-state index contributed by atoms with van der Waals surface area (Å²) in [6.07, 6.45) is 0. The Kier molecular flexibility index (Phi) is 4.71. The van der Waals surface area contributed by atoms with E-state index in [1.165, 1.54) is 11.8 Å². The third-order valence-electron chi connectivity index (χ3n) is 3.23. The van der Waals surface area contributed by atoms with Gasteiger partial charge in [0.05, 0.1) is 11.4 Å². The van der Waals surface area contributed by atoms with Crippen LogP contribution in [0.1, 0.15) is 37.2 Å². The second-order valence-corrected chi connectivity index (χ2v) is 6.48. The Labute approximate surface area is 139 Å². The molecule has 0 amide bonds. The van der Waals surface area contributed by atoms with Gasteiger partial charge in [-0.2, -0.15) is 4.98 Å². The van der Waals surface area contributed by atoms with Gasteiger partial charge >= 0.3 is 0 Å². The molecule has 3 rings (SSSR count). The van der Waals surface area contributed by atoms with Crippen LogP contribution in [0, 0.1) is 6.92 Å². The first-order chi connectivity index (χ1) is 11.1. The molecule has 0 unspecified atom stereocenters. The highest BCUT2D eigenvalue weighted by Crippen LogP contribution is 2.24. The molecule has 0 N–H and O–H groups in total. The normalized spacial score (nSPS) is 11.1. The van der Waals surface area contributed by atoms with E-state index >= 15 is 0 Å². The van der Waals surface area contributed by atoms with Crippen LogP contribution >= 0.6 is 11.8 Å². The number of thioether (sulfide) groups is 1. The molecule has 0 fully saturated rings. The molecule has 23 heavy (non-hydrogen) atoms. The quantitative estimate of drug-likeness (QED) is 0.516. The minimum absolute atomic E-state index is 0.261. The number of rotatable bonds is 5. The minimum atomic E-state index is 0.261. The molecule has 1 aromatic carbocycles. The molecule has 2 heterocycles. The smallest absolute Gasteiger partial charge is 0.237 e. The van der Waals surface area contributed by atoms with Crippen molar-refractivity contribution in [3.8, 4) is 11.3 Å². The lowest BCUT2D eigenvalue weighted by molar-refractivity contribution is 0.383.